The van der Waals surface area contributed by atoms with Gasteiger partial charge in [-0.15, -0.1) is 0 Å². The van der Waals surface area contributed by atoms with Crippen LogP contribution in [0.3, 0.4) is 0 Å². The van der Waals surface area contributed by atoms with Crippen LogP contribution in [0.1, 0.15) is 23.2 Å². The summed E-state index contributed by atoms with van der Waals surface area (Å²) in [4.78, 5) is 0. The van der Waals surface area contributed by atoms with Crippen LogP contribution in [0, 0.1) is 0 Å². The fraction of sp³-hybridized carbons (Fsp3) is 0.368. The molecule has 26 heavy (non-hydrogen) atoms. The Morgan fingerprint density at radius 1 is 0.692 bits per heavy atom. The van der Waals surface area contributed by atoms with E-state index in [1.165, 1.54) is 0 Å². The highest BCUT2D eigenvalue weighted by Gasteiger charge is 2.15. The average molecular weight is 360 g/mol. The van der Waals surface area contributed by atoms with Crippen molar-refractivity contribution in [3.05, 3.63) is 59.7 Å². The number of aliphatic hydroxyl groups is 3. The van der Waals surface area contributed by atoms with Crippen LogP contribution in [-0.2, 0) is 0 Å². The number of anilines is 2. The maximum absolute atomic E-state index is 10.2. The Morgan fingerprint density at radius 2 is 1.04 bits per heavy atom. The minimum Gasteiger partial charge on any atom is -0.399 e. The molecule has 0 spiro atoms. The zero-order chi connectivity index (χ0) is 18.9. The van der Waals surface area contributed by atoms with Crippen LogP contribution in [0.25, 0.3) is 0 Å². The zero-order valence-electron chi connectivity index (χ0n) is 14.7. The first-order chi connectivity index (χ1) is 12.5. The molecule has 0 fully saturated rings. The lowest BCUT2D eigenvalue weighted by Crippen LogP contribution is -2.39. The third-order valence-corrected chi connectivity index (χ3v) is 4.24. The molecule has 7 heteroatoms. The molecule has 2 aromatic rings. The van der Waals surface area contributed by atoms with Gasteiger partial charge in [-0.05, 0) is 35.4 Å². The second-order valence-electron chi connectivity index (χ2n) is 6.27. The third-order valence-electron chi connectivity index (χ3n) is 4.24. The van der Waals surface area contributed by atoms with Crippen molar-refractivity contribution in [1.29, 1.82) is 0 Å². The molecular weight excluding hydrogens is 332 g/mol. The van der Waals surface area contributed by atoms with Gasteiger partial charge in [0, 0.05) is 24.5 Å². The Kier molecular flexibility index (Phi) is 7.83. The highest BCUT2D eigenvalue weighted by Crippen LogP contribution is 2.15. The summed E-state index contributed by atoms with van der Waals surface area (Å²) in [5.74, 6) is 0. The molecule has 0 aliphatic heterocycles. The molecule has 2 unspecified atom stereocenters. The van der Waals surface area contributed by atoms with E-state index in [4.69, 9.17) is 11.5 Å². The highest BCUT2D eigenvalue weighted by atomic mass is 16.3. The molecule has 0 heterocycles. The van der Waals surface area contributed by atoms with E-state index in [2.05, 4.69) is 10.6 Å². The number of rotatable bonds is 10. The van der Waals surface area contributed by atoms with E-state index >= 15 is 0 Å². The Balaban J connectivity index is 1.82. The van der Waals surface area contributed by atoms with Crippen LogP contribution in [0.5, 0.6) is 0 Å². The molecule has 0 radical (unpaired) electrons. The van der Waals surface area contributed by atoms with Gasteiger partial charge in [-0.1, -0.05) is 24.3 Å². The number of benzene rings is 2. The first-order valence-corrected chi connectivity index (χ1v) is 8.61. The number of nitrogens with one attached hydrogen (secondary N) is 2. The molecule has 0 saturated carbocycles. The van der Waals surface area contributed by atoms with E-state index in [0.717, 1.165) is 11.1 Å². The molecule has 2 rings (SSSR count). The molecule has 9 N–H and O–H groups in total. The van der Waals surface area contributed by atoms with Crippen molar-refractivity contribution in [2.24, 2.45) is 0 Å². The quantitative estimate of drug-likeness (QED) is 0.300. The first-order valence-electron chi connectivity index (χ1n) is 8.61. The minimum absolute atomic E-state index is 0.0885. The smallest absolute Gasteiger partial charge is 0.0789 e. The topological polar surface area (TPSA) is 137 Å². The van der Waals surface area contributed by atoms with Crippen molar-refractivity contribution in [2.45, 2.75) is 18.2 Å². The van der Waals surface area contributed by atoms with E-state index in [0.29, 0.717) is 24.5 Å². The van der Waals surface area contributed by atoms with Crippen molar-refractivity contribution >= 4 is 11.4 Å². The van der Waals surface area contributed by atoms with Crippen LogP contribution in [-0.4, -0.2) is 47.7 Å². The second kappa shape index (κ2) is 10.1. The van der Waals surface area contributed by atoms with Gasteiger partial charge in [-0.3, -0.25) is 0 Å². The van der Waals surface area contributed by atoms with Crippen LogP contribution >= 0.6 is 0 Å². The van der Waals surface area contributed by atoms with Crippen LogP contribution < -0.4 is 22.1 Å². The Morgan fingerprint density at radius 3 is 1.35 bits per heavy atom. The lowest BCUT2D eigenvalue weighted by Gasteiger charge is -2.22. The fourth-order valence-corrected chi connectivity index (χ4v) is 2.66. The van der Waals surface area contributed by atoms with Gasteiger partial charge in [0.1, 0.15) is 0 Å². The van der Waals surface area contributed by atoms with E-state index in [1.54, 1.807) is 24.3 Å². The Bertz CT molecular complexity index is 591. The van der Waals surface area contributed by atoms with Crippen LogP contribution in [0.2, 0.25) is 0 Å². The first kappa shape index (κ1) is 20.2. The van der Waals surface area contributed by atoms with Gasteiger partial charge in [-0.25, -0.2) is 0 Å². The van der Waals surface area contributed by atoms with Crippen molar-refractivity contribution < 1.29 is 15.3 Å². The Labute approximate surface area is 153 Å². The average Bonchev–Trinajstić information content (AvgIpc) is 2.65. The lowest BCUT2D eigenvalue weighted by molar-refractivity contribution is 0.144. The van der Waals surface area contributed by atoms with Gasteiger partial charge in [-0.2, -0.15) is 0 Å². The van der Waals surface area contributed by atoms with Gasteiger partial charge in [0.25, 0.3) is 0 Å². The van der Waals surface area contributed by atoms with Crippen LogP contribution in [0.15, 0.2) is 48.5 Å². The molecular formula is C19H28N4O3. The molecule has 0 aliphatic rings. The lowest BCUT2D eigenvalue weighted by atomic mass is 10.1. The normalized spacial score (nSPS) is 14.7. The van der Waals surface area contributed by atoms with E-state index in [-0.39, 0.29) is 25.3 Å². The maximum Gasteiger partial charge on any atom is 0.0789 e. The van der Waals surface area contributed by atoms with Crippen molar-refractivity contribution in [3.8, 4) is 0 Å². The predicted octanol–water partition coefficient (Wildman–Crippen LogP) is 0.158. The number of nitrogen functional groups attached to an aromatic ring is 2. The van der Waals surface area contributed by atoms with Gasteiger partial charge in [0.15, 0.2) is 0 Å². The van der Waals surface area contributed by atoms with Gasteiger partial charge in [0.05, 0.1) is 31.4 Å². The Hall–Kier alpha value is -2.16. The van der Waals surface area contributed by atoms with E-state index < -0.39 is 6.10 Å². The molecule has 2 aromatic carbocycles. The van der Waals surface area contributed by atoms with Crippen molar-refractivity contribution in [2.75, 3.05) is 37.8 Å². The molecule has 0 bridgehead atoms. The SMILES string of the molecule is Nc1ccc(C(CO)NCC(O)CNC(CO)c2ccc(N)cc2)cc1. The van der Waals surface area contributed by atoms with E-state index in [1.807, 2.05) is 24.3 Å². The highest BCUT2D eigenvalue weighted by molar-refractivity contribution is 5.40. The number of hydrogen-bond donors (Lipinski definition) is 7. The summed E-state index contributed by atoms with van der Waals surface area (Å²) in [5.41, 5.74) is 14.5. The fourth-order valence-electron chi connectivity index (χ4n) is 2.66. The largest absolute Gasteiger partial charge is 0.399 e. The van der Waals surface area contributed by atoms with Gasteiger partial charge in [0.2, 0.25) is 0 Å². The summed E-state index contributed by atoms with van der Waals surface area (Å²) in [6.07, 6.45) is -0.680. The minimum atomic E-state index is -0.680. The predicted molar refractivity (Wildman–Crippen MR) is 103 cm³/mol. The molecule has 0 saturated heterocycles. The molecule has 2 atom stereocenters. The number of hydrogen-bond acceptors (Lipinski definition) is 7. The molecule has 7 nitrogen and oxygen atoms in total. The summed E-state index contributed by atoms with van der Waals surface area (Å²) in [5, 5.41) is 35.6. The number of nitrogens with two attached hydrogens (primary N) is 2. The summed E-state index contributed by atoms with van der Waals surface area (Å²) < 4.78 is 0. The summed E-state index contributed by atoms with van der Waals surface area (Å²) in [7, 11) is 0. The van der Waals surface area contributed by atoms with Gasteiger partial charge < -0.3 is 37.4 Å². The van der Waals surface area contributed by atoms with Crippen molar-refractivity contribution in [3.63, 3.8) is 0 Å². The number of aliphatic hydroxyl groups excluding tert-OH is 3. The maximum atomic E-state index is 10.2. The molecule has 142 valence electrons. The molecule has 0 aliphatic carbocycles. The zero-order valence-corrected chi connectivity index (χ0v) is 14.7. The summed E-state index contributed by atoms with van der Waals surface area (Å²) in [6, 6.07) is 13.9. The standard InChI is InChI=1S/C19H28N4O3/c20-15-5-1-13(2-6-15)18(11-24)22-9-17(26)10-23-19(12-25)14-3-7-16(21)8-4-14/h1-8,17-19,22-26H,9-12,20-21H2. The van der Waals surface area contributed by atoms with Gasteiger partial charge >= 0.3 is 0 Å². The second-order valence-corrected chi connectivity index (χ2v) is 6.27. The summed E-state index contributed by atoms with van der Waals surface area (Å²) in [6.45, 7) is 0.411. The van der Waals surface area contributed by atoms with Crippen molar-refractivity contribution in [1.82, 2.24) is 10.6 Å². The van der Waals surface area contributed by atoms with Crippen LogP contribution in [0.4, 0.5) is 11.4 Å². The van der Waals surface area contributed by atoms with E-state index in [9.17, 15) is 15.3 Å². The summed E-state index contributed by atoms with van der Waals surface area (Å²) >= 11 is 0. The molecule has 0 amide bonds. The molecule has 0 aromatic heterocycles. The monoisotopic (exact) mass is 360 g/mol. The third kappa shape index (κ3) is 5.98.